The molecule has 25 heavy (non-hydrogen) atoms. The number of ether oxygens (including phenoxy) is 1. The number of anilines is 2. The Kier molecular flexibility index (Phi) is 5.18. The zero-order valence-electron chi connectivity index (χ0n) is 14.0. The monoisotopic (exact) mass is 339 g/mol. The number of amides is 2. The number of aryl methyl sites for hydroxylation is 1. The van der Waals surface area contributed by atoms with Crippen molar-refractivity contribution in [2.75, 3.05) is 24.2 Å². The molecule has 1 heterocycles. The number of benzene rings is 2. The van der Waals surface area contributed by atoms with Crippen LogP contribution in [0.25, 0.3) is 0 Å². The van der Waals surface area contributed by atoms with E-state index in [0.29, 0.717) is 30.8 Å². The first-order chi connectivity index (χ1) is 12.2. The lowest BCUT2D eigenvalue weighted by atomic mass is 10.1. The first kappa shape index (κ1) is 16.8. The second-order valence-electron chi connectivity index (χ2n) is 5.85. The van der Waals surface area contributed by atoms with E-state index in [2.05, 4.69) is 16.0 Å². The maximum atomic E-state index is 12.5. The predicted molar refractivity (Wildman–Crippen MR) is 96.8 cm³/mol. The van der Waals surface area contributed by atoms with Crippen molar-refractivity contribution in [3.8, 4) is 5.75 Å². The molecule has 3 N–H and O–H groups in total. The van der Waals surface area contributed by atoms with E-state index in [0.717, 1.165) is 11.3 Å². The second kappa shape index (κ2) is 7.70. The van der Waals surface area contributed by atoms with Crippen molar-refractivity contribution >= 4 is 23.2 Å². The molecule has 1 aliphatic rings. The second-order valence-corrected chi connectivity index (χ2v) is 5.85. The molecule has 3 rings (SSSR count). The Morgan fingerprint density at radius 1 is 1.20 bits per heavy atom. The van der Waals surface area contributed by atoms with Crippen LogP contribution in [0.5, 0.6) is 5.75 Å². The summed E-state index contributed by atoms with van der Waals surface area (Å²) in [6.07, 6.45) is 0.447. The lowest BCUT2D eigenvalue weighted by molar-refractivity contribution is -0.122. The molecule has 0 saturated heterocycles. The van der Waals surface area contributed by atoms with E-state index in [1.165, 1.54) is 0 Å². The van der Waals surface area contributed by atoms with E-state index in [1.807, 2.05) is 48.5 Å². The quantitative estimate of drug-likeness (QED) is 0.780. The molecule has 0 aliphatic carbocycles. The van der Waals surface area contributed by atoms with E-state index < -0.39 is 6.10 Å². The number of nitrogens with one attached hydrogen (secondary N) is 3. The average molecular weight is 339 g/mol. The molecular formula is C19H21N3O3. The fraction of sp³-hybridized carbons (Fsp3) is 0.263. The standard InChI is InChI=1S/C19H21N3O3/c1-20-18(23)10-9-13-5-4-6-14(11-13)22-19(24)17-12-21-15-7-2-3-8-16(15)25-17/h2-8,11,17,21H,9-10,12H2,1H3,(H,20,23)(H,22,24). The third-order valence-electron chi connectivity index (χ3n) is 4.04. The van der Waals surface area contributed by atoms with Gasteiger partial charge in [0.25, 0.3) is 5.91 Å². The van der Waals surface area contributed by atoms with Crippen LogP contribution < -0.4 is 20.7 Å². The van der Waals surface area contributed by atoms with Crippen LogP contribution in [0.3, 0.4) is 0 Å². The molecule has 2 amide bonds. The third kappa shape index (κ3) is 4.29. The van der Waals surface area contributed by atoms with Crippen molar-refractivity contribution in [3.63, 3.8) is 0 Å². The summed E-state index contributed by atoms with van der Waals surface area (Å²) < 4.78 is 5.76. The van der Waals surface area contributed by atoms with Gasteiger partial charge in [0.15, 0.2) is 6.10 Å². The SMILES string of the molecule is CNC(=O)CCc1cccc(NC(=O)C2CNc3ccccc3O2)c1. The van der Waals surface area contributed by atoms with Gasteiger partial charge in [-0.2, -0.15) is 0 Å². The summed E-state index contributed by atoms with van der Waals surface area (Å²) in [6, 6.07) is 15.0. The van der Waals surface area contributed by atoms with E-state index in [-0.39, 0.29) is 11.8 Å². The molecule has 2 aromatic rings. The zero-order chi connectivity index (χ0) is 17.6. The molecule has 1 atom stereocenters. The molecule has 0 aromatic heterocycles. The van der Waals surface area contributed by atoms with Gasteiger partial charge < -0.3 is 20.7 Å². The molecule has 0 spiro atoms. The Morgan fingerprint density at radius 2 is 2.04 bits per heavy atom. The van der Waals surface area contributed by atoms with Gasteiger partial charge in [-0.15, -0.1) is 0 Å². The van der Waals surface area contributed by atoms with Crippen molar-refractivity contribution in [2.24, 2.45) is 0 Å². The van der Waals surface area contributed by atoms with Gasteiger partial charge in [0.1, 0.15) is 5.75 Å². The molecule has 0 bridgehead atoms. The molecule has 1 unspecified atom stereocenters. The first-order valence-electron chi connectivity index (χ1n) is 8.25. The number of carbonyl (C=O) groups excluding carboxylic acids is 2. The minimum absolute atomic E-state index is 0.00483. The molecule has 0 fully saturated rings. The number of hydrogen-bond acceptors (Lipinski definition) is 4. The first-order valence-corrected chi connectivity index (χ1v) is 8.25. The van der Waals surface area contributed by atoms with Gasteiger partial charge in [0, 0.05) is 19.2 Å². The molecule has 2 aromatic carbocycles. The van der Waals surface area contributed by atoms with Crippen LogP contribution in [0.1, 0.15) is 12.0 Å². The van der Waals surface area contributed by atoms with Crippen molar-refractivity contribution in [3.05, 3.63) is 54.1 Å². The number of rotatable bonds is 5. The van der Waals surface area contributed by atoms with Gasteiger partial charge in [-0.3, -0.25) is 9.59 Å². The largest absolute Gasteiger partial charge is 0.477 e. The van der Waals surface area contributed by atoms with Crippen molar-refractivity contribution in [2.45, 2.75) is 18.9 Å². The number of carbonyl (C=O) groups is 2. The molecule has 0 radical (unpaired) electrons. The summed E-state index contributed by atoms with van der Waals surface area (Å²) in [5, 5.41) is 8.68. The Balaban J connectivity index is 1.61. The zero-order valence-corrected chi connectivity index (χ0v) is 14.0. The topological polar surface area (TPSA) is 79.5 Å². The number of fused-ring (bicyclic) bond motifs is 1. The van der Waals surface area contributed by atoms with Gasteiger partial charge in [-0.05, 0) is 36.2 Å². The maximum absolute atomic E-state index is 12.5. The minimum Gasteiger partial charge on any atom is -0.477 e. The van der Waals surface area contributed by atoms with Gasteiger partial charge in [0.05, 0.1) is 12.2 Å². The lowest BCUT2D eigenvalue weighted by Gasteiger charge is -2.26. The highest BCUT2D eigenvalue weighted by Gasteiger charge is 2.25. The highest BCUT2D eigenvalue weighted by molar-refractivity contribution is 5.95. The number of hydrogen-bond donors (Lipinski definition) is 3. The van der Waals surface area contributed by atoms with Crippen molar-refractivity contribution in [1.29, 1.82) is 0 Å². The van der Waals surface area contributed by atoms with E-state index in [1.54, 1.807) is 7.05 Å². The van der Waals surface area contributed by atoms with Gasteiger partial charge >= 0.3 is 0 Å². The molecule has 0 saturated carbocycles. The van der Waals surface area contributed by atoms with Crippen LogP contribution in [0.15, 0.2) is 48.5 Å². The highest BCUT2D eigenvalue weighted by Crippen LogP contribution is 2.28. The predicted octanol–water partition coefficient (Wildman–Crippen LogP) is 2.18. The van der Waals surface area contributed by atoms with Crippen LogP contribution in [0.2, 0.25) is 0 Å². The molecule has 6 heteroatoms. The molecular weight excluding hydrogens is 318 g/mol. The summed E-state index contributed by atoms with van der Waals surface area (Å²) in [5.41, 5.74) is 2.58. The van der Waals surface area contributed by atoms with E-state index >= 15 is 0 Å². The van der Waals surface area contributed by atoms with Gasteiger partial charge in [-0.1, -0.05) is 24.3 Å². The minimum atomic E-state index is -0.593. The smallest absolute Gasteiger partial charge is 0.267 e. The van der Waals surface area contributed by atoms with Crippen LogP contribution in [0.4, 0.5) is 11.4 Å². The van der Waals surface area contributed by atoms with Crippen LogP contribution >= 0.6 is 0 Å². The number of para-hydroxylation sites is 2. The van der Waals surface area contributed by atoms with Crippen molar-refractivity contribution < 1.29 is 14.3 Å². The maximum Gasteiger partial charge on any atom is 0.267 e. The van der Waals surface area contributed by atoms with Crippen molar-refractivity contribution in [1.82, 2.24) is 5.32 Å². The van der Waals surface area contributed by atoms with E-state index in [4.69, 9.17) is 4.74 Å². The Hall–Kier alpha value is -3.02. The fourth-order valence-electron chi connectivity index (χ4n) is 2.67. The Bertz CT molecular complexity index is 776. The average Bonchev–Trinajstić information content (AvgIpc) is 2.66. The normalized spacial score (nSPS) is 15.3. The van der Waals surface area contributed by atoms with Crippen LogP contribution in [-0.4, -0.2) is 31.5 Å². The fourth-order valence-corrected chi connectivity index (χ4v) is 2.67. The Morgan fingerprint density at radius 3 is 2.88 bits per heavy atom. The summed E-state index contributed by atoms with van der Waals surface area (Å²) in [7, 11) is 1.62. The Labute approximate surface area is 146 Å². The van der Waals surface area contributed by atoms with E-state index in [9.17, 15) is 9.59 Å². The molecule has 130 valence electrons. The molecule has 6 nitrogen and oxygen atoms in total. The van der Waals surface area contributed by atoms with Gasteiger partial charge in [-0.25, -0.2) is 0 Å². The van der Waals surface area contributed by atoms with Crippen LogP contribution in [-0.2, 0) is 16.0 Å². The summed E-state index contributed by atoms with van der Waals surface area (Å²) >= 11 is 0. The lowest BCUT2D eigenvalue weighted by Crippen LogP contribution is -2.41. The van der Waals surface area contributed by atoms with Gasteiger partial charge in [0.2, 0.25) is 5.91 Å². The summed E-state index contributed by atoms with van der Waals surface area (Å²) in [6.45, 7) is 0.416. The summed E-state index contributed by atoms with van der Waals surface area (Å²) in [5.74, 6) is 0.466. The summed E-state index contributed by atoms with van der Waals surface area (Å²) in [4.78, 5) is 23.8. The highest BCUT2D eigenvalue weighted by atomic mass is 16.5. The third-order valence-corrected chi connectivity index (χ3v) is 4.04. The molecule has 1 aliphatic heterocycles. The van der Waals surface area contributed by atoms with Crippen LogP contribution in [0, 0.1) is 0 Å².